The van der Waals surface area contributed by atoms with Crippen molar-refractivity contribution in [3.05, 3.63) is 29.8 Å². The fourth-order valence-electron chi connectivity index (χ4n) is 1.99. The predicted molar refractivity (Wildman–Crippen MR) is 70.3 cm³/mol. The minimum Gasteiger partial charge on any atom is -0.480 e. The molecule has 1 fully saturated rings. The first kappa shape index (κ1) is 14.0. The molecule has 2 rings (SSSR count). The lowest BCUT2D eigenvalue weighted by molar-refractivity contribution is -0.141. The maximum atomic E-state index is 12.5. The second-order valence-corrected chi connectivity index (χ2v) is 6.74. The van der Waals surface area contributed by atoms with E-state index in [-0.39, 0.29) is 10.9 Å². The van der Waals surface area contributed by atoms with Crippen LogP contribution in [0.5, 0.6) is 0 Å². The van der Waals surface area contributed by atoms with Gasteiger partial charge < -0.3 is 5.11 Å². The normalized spacial score (nSPS) is 17.4. The molecule has 6 heteroatoms. The zero-order chi connectivity index (χ0) is 14.2. The number of sulfonamides is 1. The molecular weight excluding hydrogens is 266 g/mol. The highest BCUT2D eigenvalue weighted by molar-refractivity contribution is 7.89. The first-order valence-electron chi connectivity index (χ1n) is 6.17. The van der Waals surface area contributed by atoms with Crippen LogP contribution in [-0.4, -0.2) is 35.9 Å². The number of aliphatic carboxylic acids is 1. The number of carbonyl (C=O) groups is 1. The van der Waals surface area contributed by atoms with Gasteiger partial charge >= 0.3 is 5.97 Å². The van der Waals surface area contributed by atoms with Crippen molar-refractivity contribution in [1.82, 2.24) is 4.31 Å². The van der Waals surface area contributed by atoms with Crippen LogP contribution in [0.2, 0.25) is 0 Å². The van der Waals surface area contributed by atoms with Crippen LogP contribution < -0.4 is 0 Å². The van der Waals surface area contributed by atoms with Crippen molar-refractivity contribution >= 4 is 16.0 Å². The molecule has 5 nitrogen and oxygen atoms in total. The monoisotopic (exact) mass is 283 g/mol. The quantitative estimate of drug-likeness (QED) is 0.891. The molecule has 19 heavy (non-hydrogen) atoms. The van der Waals surface area contributed by atoms with E-state index in [1.807, 2.05) is 6.92 Å². The fraction of sp³-hybridized carbons (Fsp3) is 0.462. The zero-order valence-corrected chi connectivity index (χ0v) is 11.7. The molecule has 1 aliphatic carbocycles. The van der Waals surface area contributed by atoms with Crippen LogP contribution in [0.3, 0.4) is 0 Å². The molecule has 0 aromatic heterocycles. The summed E-state index contributed by atoms with van der Waals surface area (Å²) in [6, 6.07) is 5.24. The molecule has 1 atom stereocenters. The molecule has 104 valence electrons. The van der Waals surface area contributed by atoms with E-state index in [9.17, 15) is 13.2 Å². The Labute approximate surface area is 112 Å². The molecule has 0 amide bonds. The minimum absolute atomic E-state index is 0.151. The molecule has 0 saturated heterocycles. The number of hydrogen-bond acceptors (Lipinski definition) is 3. The molecule has 1 aromatic carbocycles. The topological polar surface area (TPSA) is 74.7 Å². The smallest absolute Gasteiger partial charge is 0.321 e. The van der Waals surface area contributed by atoms with Crippen molar-refractivity contribution in [1.29, 1.82) is 0 Å². The van der Waals surface area contributed by atoms with E-state index in [1.165, 1.54) is 19.1 Å². The third kappa shape index (κ3) is 2.79. The van der Waals surface area contributed by atoms with Crippen LogP contribution in [0.15, 0.2) is 29.2 Å². The largest absolute Gasteiger partial charge is 0.480 e. The molecule has 1 N–H and O–H groups in total. The van der Waals surface area contributed by atoms with Gasteiger partial charge in [0.05, 0.1) is 4.90 Å². The van der Waals surface area contributed by atoms with Crippen molar-refractivity contribution in [3.63, 3.8) is 0 Å². The molecule has 0 bridgehead atoms. The lowest BCUT2D eigenvalue weighted by atomic mass is 10.2. The number of carboxylic acid groups (broad SMARTS) is 1. The Balaban J connectivity index is 2.40. The summed E-state index contributed by atoms with van der Waals surface area (Å²) in [6.45, 7) is 3.28. The summed E-state index contributed by atoms with van der Waals surface area (Å²) in [6.07, 6.45) is 1.45. The number of aryl methyl sites for hydroxylation is 1. The van der Waals surface area contributed by atoms with Gasteiger partial charge in [0.25, 0.3) is 0 Å². The van der Waals surface area contributed by atoms with Crippen molar-refractivity contribution in [2.45, 2.75) is 43.7 Å². The highest BCUT2D eigenvalue weighted by atomic mass is 32.2. The van der Waals surface area contributed by atoms with Gasteiger partial charge in [-0.3, -0.25) is 4.79 Å². The van der Waals surface area contributed by atoms with Crippen molar-refractivity contribution < 1.29 is 18.3 Å². The summed E-state index contributed by atoms with van der Waals surface area (Å²) in [5.41, 5.74) is 0.961. The summed E-state index contributed by atoms with van der Waals surface area (Å²) in [7, 11) is -3.75. The van der Waals surface area contributed by atoms with Crippen molar-refractivity contribution in [2.24, 2.45) is 0 Å². The van der Waals surface area contributed by atoms with Gasteiger partial charge in [0.1, 0.15) is 6.04 Å². The summed E-state index contributed by atoms with van der Waals surface area (Å²) in [5, 5.41) is 9.08. The summed E-state index contributed by atoms with van der Waals surface area (Å²) in [4.78, 5) is 11.2. The van der Waals surface area contributed by atoms with E-state index in [0.29, 0.717) is 0 Å². The van der Waals surface area contributed by atoms with Crippen molar-refractivity contribution in [3.8, 4) is 0 Å². The van der Waals surface area contributed by atoms with E-state index in [1.54, 1.807) is 12.1 Å². The molecular formula is C13H17NO4S. The van der Waals surface area contributed by atoms with Crippen LogP contribution in [0.4, 0.5) is 0 Å². The van der Waals surface area contributed by atoms with Gasteiger partial charge in [-0.1, -0.05) is 17.7 Å². The molecule has 0 radical (unpaired) electrons. The van der Waals surface area contributed by atoms with Crippen LogP contribution in [-0.2, 0) is 14.8 Å². The second-order valence-electron chi connectivity index (χ2n) is 4.89. The fourth-order valence-corrected chi connectivity index (χ4v) is 3.82. The first-order valence-corrected chi connectivity index (χ1v) is 7.61. The Hall–Kier alpha value is -1.40. The number of nitrogens with zero attached hydrogens (tertiary/aromatic N) is 1. The third-order valence-corrected chi connectivity index (χ3v) is 5.28. The Morgan fingerprint density at radius 2 is 1.84 bits per heavy atom. The van der Waals surface area contributed by atoms with Crippen molar-refractivity contribution in [2.75, 3.05) is 0 Å². The van der Waals surface area contributed by atoms with Crippen LogP contribution >= 0.6 is 0 Å². The van der Waals surface area contributed by atoms with Gasteiger partial charge in [0.2, 0.25) is 10.0 Å². The SMILES string of the molecule is Cc1ccc(S(=O)(=O)N(C2CC2)C(C)C(=O)O)cc1. The maximum absolute atomic E-state index is 12.5. The molecule has 0 spiro atoms. The lowest BCUT2D eigenvalue weighted by Gasteiger charge is -2.25. The minimum atomic E-state index is -3.75. The van der Waals surface area contributed by atoms with E-state index in [4.69, 9.17) is 5.11 Å². The van der Waals surface area contributed by atoms with Gasteiger partial charge in [-0.15, -0.1) is 0 Å². The van der Waals surface area contributed by atoms with Gasteiger partial charge in [-0.05, 0) is 38.8 Å². The Bertz CT molecular complexity index is 575. The molecule has 0 aliphatic heterocycles. The van der Waals surface area contributed by atoms with Crippen LogP contribution in [0.25, 0.3) is 0 Å². The van der Waals surface area contributed by atoms with Crippen LogP contribution in [0.1, 0.15) is 25.3 Å². The average molecular weight is 283 g/mol. The van der Waals surface area contributed by atoms with E-state index in [2.05, 4.69) is 0 Å². The molecule has 1 aromatic rings. The Kier molecular flexibility index (Phi) is 3.64. The Morgan fingerprint density at radius 3 is 2.26 bits per heavy atom. The highest BCUT2D eigenvalue weighted by Gasteiger charge is 2.43. The standard InChI is InChI=1S/C13H17NO4S/c1-9-3-7-12(8-4-9)19(17,18)14(11-5-6-11)10(2)13(15)16/h3-4,7-8,10-11H,5-6H2,1-2H3,(H,15,16). The van der Waals surface area contributed by atoms with Gasteiger partial charge in [-0.25, -0.2) is 8.42 Å². The zero-order valence-electron chi connectivity index (χ0n) is 10.9. The molecule has 1 saturated carbocycles. The number of benzene rings is 1. The summed E-state index contributed by atoms with van der Waals surface area (Å²) >= 11 is 0. The van der Waals surface area contributed by atoms with E-state index < -0.39 is 22.0 Å². The van der Waals surface area contributed by atoms with Gasteiger partial charge in [0.15, 0.2) is 0 Å². The first-order chi connectivity index (χ1) is 8.84. The molecule has 1 aliphatic rings. The second kappa shape index (κ2) is 4.94. The van der Waals surface area contributed by atoms with Gasteiger partial charge in [-0.2, -0.15) is 4.31 Å². The average Bonchev–Trinajstić information content (AvgIpc) is 3.13. The number of carboxylic acids is 1. The van der Waals surface area contributed by atoms with Gasteiger partial charge in [0, 0.05) is 6.04 Å². The van der Waals surface area contributed by atoms with E-state index >= 15 is 0 Å². The summed E-state index contributed by atoms with van der Waals surface area (Å²) < 4.78 is 26.2. The van der Waals surface area contributed by atoms with E-state index in [0.717, 1.165) is 22.7 Å². The molecule has 0 heterocycles. The number of rotatable bonds is 5. The number of hydrogen-bond donors (Lipinski definition) is 1. The summed E-state index contributed by atoms with van der Waals surface area (Å²) in [5.74, 6) is -1.12. The van der Waals surface area contributed by atoms with Crippen LogP contribution in [0, 0.1) is 6.92 Å². The Morgan fingerprint density at radius 1 is 1.32 bits per heavy atom. The molecule has 1 unspecified atom stereocenters. The maximum Gasteiger partial charge on any atom is 0.321 e. The highest BCUT2D eigenvalue weighted by Crippen LogP contribution is 2.34. The lowest BCUT2D eigenvalue weighted by Crippen LogP contribution is -2.44. The third-order valence-electron chi connectivity index (χ3n) is 3.24. The predicted octanol–water partition coefficient (Wildman–Crippen LogP) is 1.62.